The maximum atomic E-state index is 12.8. The summed E-state index contributed by atoms with van der Waals surface area (Å²) in [5.41, 5.74) is -0.309. The third kappa shape index (κ3) is 3.89. The van der Waals surface area contributed by atoms with E-state index in [1.165, 1.54) is 22.5 Å². The van der Waals surface area contributed by atoms with Crippen LogP contribution >= 0.6 is 22.9 Å². The van der Waals surface area contributed by atoms with Crippen LogP contribution in [-0.2, 0) is 20.0 Å². The Morgan fingerprint density at radius 1 is 1.00 bits per heavy atom. The second-order valence-electron chi connectivity index (χ2n) is 5.69. The van der Waals surface area contributed by atoms with E-state index in [0.29, 0.717) is 0 Å². The lowest BCUT2D eigenvalue weighted by Gasteiger charge is -2.33. The Morgan fingerprint density at radius 2 is 1.59 bits per heavy atom. The Labute approximate surface area is 165 Å². The first kappa shape index (κ1) is 20.2. The van der Waals surface area contributed by atoms with E-state index in [0.717, 1.165) is 21.7 Å². The molecule has 0 atom stereocenters. The molecule has 1 fully saturated rings. The normalized spacial score (nSPS) is 17.1. The summed E-state index contributed by atoms with van der Waals surface area (Å²) < 4.78 is 53.2. The van der Waals surface area contributed by atoms with Gasteiger partial charge in [0.15, 0.2) is 0 Å². The van der Waals surface area contributed by atoms with Gasteiger partial charge >= 0.3 is 5.97 Å². The summed E-state index contributed by atoms with van der Waals surface area (Å²) in [6, 6.07) is 6.60. The van der Waals surface area contributed by atoms with Crippen LogP contribution in [-0.4, -0.2) is 62.7 Å². The SMILES string of the molecule is O=C(O)c1cc(S(=O)(=O)N2CCN(S(=O)(=O)c3cccs3)CC2)ccc1Cl. The van der Waals surface area contributed by atoms with Crippen molar-refractivity contribution < 1.29 is 26.7 Å². The van der Waals surface area contributed by atoms with Crippen molar-refractivity contribution in [2.45, 2.75) is 9.10 Å². The zero-order chi connectivity index (χ0) is 19.8. The summed E-state index contributed by atoms with van der Waals surface area (Å²) >= 11 is 6.89. The quantitative estimate of drug-likeness (QED) is 0.743. The van der Waals surface area contributed by atoms with Gasteiger partial charge in [-0.2, -0.15) is 8.61 Å². The zero-order valence-corrected chi connectivity index (χ0v) is 17.0. The summed E-state index contributed by atoms with van der Waals surface area (Å²) in [5, 5.41) is 10.7. The molecule has 12 heteroatoms. The topological polar surface area (TPSA) is 112 Å². The van der Waals surface area contributed by atoms with Crippen molar-refractivity contribution in [2.24, 2.45) is 0 Å². The third-order valence-corrected chi connectivity index (χ3v) is 9.59. The number of benzene rings is 1. The average Bonchev–Trinajstić information content (AvgIpc) is 3.17. The number of hydrogen-bond acceptors (Lipinski definition) is 6. The van der Waals surface area contributed by atoms with Gasteiger partial charge in [0.25, 0.3) is 10.0 Å². The van der Waals surface area contributed by atoms with Gasteiger partial charge in [-0.15, -0.1) is 11.3 Å². The minimum Gasteiger partial charge on any atom is -0.478 e. The van der Waals surface area contributed by atoms with Crippen LogP contribution in [0, 0.1) is 0 Å². The maximum Gasteiger partial charge on any atom is 0.337 e. The van der Waals surface area contributed by atoms with Gasteiger partial charge in [0.05, 0.1) is 15.5 Å². The van der Waals surface area contributed by atoms with Crippen molar-refractivity contribution in [3.05, 3.63) is 46.3 Å². The van der Waals surface area contributed by atoms with Crippen molar-refractivity contribution in [1.82, 2.24) is 8.61 Å². The Hall–Kier alpha value is -1.50. The molecule has 3 rings (SSSR count). The molecule has 0 saturated carbocycles. The fraction of sp³-hybridized carbons (Fsp3) is 0.267. The van der Waals surface area contributed by atoms with E-state index in [9.17, 15) is 21.6 Å². The van der Waals surface area contributed by atoms with E-state index < -0.39 is 26.0 Å². The molecule has 0 radical (unpaired) electrons. The van der Waals surface area contributed by atoms with Gasteiger partial charge in [-0.3, -0.25) is 0 Å². The van der Waals surface area contributed by atoms with Crippen LogP contribution in [0.5, 0.6) is 0 Å². The van der Waals surface area contributed by atoms with E-state index in [4.69, 9.17) is 16.7 Å². The molecule has 8 nitrogen and oxygen atoms in total. The van der Waals surface area contributed by atoms with Crippen molar-refractivity contribution in [2.75, 3.05) is 26.2 Å². The molecular weight excluding hydrogens is 436 g/mol. The van der Waals surface area contributed by atoms with Crippen molar-refractivity contribution >= 4 is 49.0 Å². The molecule has 1 N–H and O–H groups in total. The van der Waals surface area contributed by atoms with Crippen molar-refractivity contribution in [1.29, 1.82) is 0 Å². The number of carboxylic acid groups (broad SMARTS) is 1. The highest BCUT2D eigenvalue weighted by Gasteiger charge is 2.34. The Bertz CT molecular complexity index is 1060. The second kappa shape index (κ2) is 7.49. The summed E-state index contributed by atoms with van der Waals surface area (Å²) in [6.45, 7) is -0.0341. The minimum atomic E-state index is -3.97. The average molecular weight is 451 g/mol. The molecule has 0 amide bonds. The fourth-order valence-corrected chi connectivity index (χ4v) is 6.88. The first-order valence-electron chi connectivity index (χ1n) is 7.70. The highest BCUT2D eigenvalue weighted by molar-refractivity contribution is 7.91. The fourth-order valence-electron chi connectivity index (χ4n) is 2.67. The molecule has 2 heterocycles. The van der Waals surface area contributed by atoms with Crippen molar-refractivity contribution in [3.8, 4) is 0 Å². The largest absolute Gasteiger partial charge is 0.478 e. The van der Waals surface area contributed by atoms with E-state index in [1.807, 2.05) is 0 Å². The van der Waals surface area contributed by atoms with Gasteiger partial charge in [-0.05, 0) is 29.6 Å². The maximum absolute atomic E-state index is 12.8. The molecule has 2 aromatic rings. The highest BCUT2D eigenvalue weighted by atomic mass is 35.5. The number of halogens is 1. The predicted octanol–water partition coefficient (Wildman–Crippen LogP) is 1.79. The molecule has 0 bridgehead atoms. The van der Waals surface area contributed by atoms with E-state index in [1.54, 1.807) is 11.4 Å². The Kier molecular flexibility index (Phi) is 5.62. The summed E-state index contributed by atoms with van der Waals surface area (Å²) in [6.07, 6.45) is 0. The van der Waals surface area contributed by atoms with Gasteiger partial charge in [0.1, 0.15) is 4.21 Å². The summed E-state index contributed by atoms with van der Waals surface area (Å²) in [7, 11) is -7.61. The number of piperazine rings is 1. The molecule has 0 spiro atoms. The van der Waals surface area contributed by atoms with E-state index in [2.05, 4.69) is 0 Å². The zero-order valence-electron chi connectivity index (χ0n) is 13.8. The van der Waals surface area contributed by atoms with Crippen LogP contribution in [0.15, 0.2) is 44.8 Å². The molecule has 0 aliphatic carbocycles. The number of sulfonamides is 2. The number of thiophene rings is 1. The second-order valence-corrected chi connectivity index (χ2v) is 11.1. The predicted molar refractivity (Wildman–Crippen MR) is 100 cm³/mol. The van der Waals surface area contributed by atoms with Crippen LogP contribution in [0.1, 0.15) is 10.4 Å². The lowest BCUT2D eigenvalue weighted by Crippen LogP contribution is -2.50. The van der Waals surface area contributed by atoms with Gasteiger partial charge in [-0.1, -0.05) is 17.7 Å². The van der Waals surface area contributed by atoms with Gasteiger partial charge in [0.2, 0.25) is 10.0 Å². The van der Waals surface area contributed by atoms with Gasteiger partial charge < -0.3 is 5.11 Å². The number of aromatic carboxylic acids is 1. The standard InChI is InChI=1S/C15H15ClN2O6S3/c16-13-4-3-11(10-12(13)15(19)20)26(21,22)17-5-7-18(8-6-17)27(23,24)14-2-1-9-25-14/h1-4,9-10H,5-8H2,(H,19,20). The number of nitrogens with zero attached hydrogens (tertiary/aromatic N) is 2. The van der Waals surface area contributed by atoms with Crippen molar-refractivity contribution in [3.63, 3.8) is 0 Å². The smallest absolute Gasteiger partial charge is 0.337 e. The Balaban J connectivity index is 1.79. The highest BCUT2D eigenvalue weighted by Crippen LogP contribution is 2.26. The first-order chi connectivity index (χ1) is 12.6. The van der Waals surface area contributed by atoms with Crippen LogP contribution in [0.25, 0.3) is 0 Å². The molecule has 27 heavy (non-hydrogen) atoms. The van der Waals surface area contributed by atoms with E-state index >= 15 is 0 Å². The summed E-state index contributed by atoms with van der Waals surface area (Å²) in [4.78, 5) is 11.0. The molecule has 1 aliphatic heterocycles. The van der Waals surface area contributed by atoms with Crippen LogP contribution in [0.2, 0.25) is 5.02 Å². The molecular formula is C15H15ClN2O6S3. The molecule has 1 aromatic carbocycles. The number of hydrogen-bond donors (Lipinski definition) is 1. The third-order valence-electron chi connectivity index (χ3n) is 4.09. The lowest BCUT2D eigenvalue weighted by molar-refractivity contribution is 0.0696. The van der Waals surface area contributed by atoms with Gasteiger partial charge in [0, 0.05) is 26.2 Å². The molecule has 146 valence electrons. The minimum absolute atomic E-state index is 0.0127. The molecule has 1 aliphatic rings. The first-order valence-corrected chi connectivity index (χ1v) is 11.8. The van der Waals surface area contributed by atoms with E-state index in [-0.39, 0.29) is 45.9 Å². The number of carbonyl (C=O) groups is 1. The molecule has 1 saturated heterocycles. The number of carboxylic acids is 1. The van der Waals surface area contributed by atoms with Gasteiger partial charge in [-0.25, -0.2) is 21.6 Å². The summed E-state index contributed by atoms with van der Waals surface area (Å²) in [5.74, 6) is -1.33. The molecule has 1 aromatic heterocycles. The van der Waals surface area contributed by atoms with Crippen LogP contribution < -0.4 is 0 Å². The van der Waals surface area contributed by atoms with Crippen LogP contribution in [0.3, 0.4) is 0 Å². The monoisotopic (exact) mass is 450 g/mol. The van der Waals surface area contributed by atoms with Crippen LogP contribution in [0.4, 0.5) is 0 Å². The Morgan fingerprint density at radius 3 is 2.11 bits per heavy atom. The number of rotatable bonds is 5. The molecule has 0 unspecified atom stereocenters. The lowest BCUT2D eigenvalue weighted by atomic mass is 10.2.